The van der Waals surface area contributed by atoms with Gasteiger partial charge in [-0.05, 0) is 17.7 Å². The van der Waals surface area contributed by atoms with E-state index < -0.39 is 42.6 Å². The lowest BCUT2D eigenvalue weighted by molar-refractivity contribution is -0.146. The predicted molar refractivity (Wildman–Crippen MR) is 104 cm³/mol. The van der Waals surface area contributed by atoms with E-state index in [0.29, 0.717) is 32.1 Å². The number of carboxylic acids is 1. The summed E-state index contributed by atoms with van der Waals surface area (Å²) in [5.41, 5.74) is 0.250. The number of aliphatic hydroxyl groups excluding tert-OH is 2. The second-order valence-corrected chi connectivity index (χ2v) is 6.73. The van der Waals surface area contributed by atoms with Gasteiger partial charge in [-0.3, -0.25) is 14.5 Å². The van der Waals surface area contributed by atoms with Crippen molar-refractivity contribution in [3.8, 4) is 5.75 Å². The molecule has 1 saturated heterocycles. The maximum absolute atomic E-state index is 12.4. The van der Waals surface area contributed by atoms with Crippen molar-refractivity contribution >= 4 is 17.8 Å². The Bertz CT molecular complexity index is 721. The van der Waals surface area contributed by atoms with Crippen molar-refractivity contribution in [2.24, 2.45) is 0 Å². The van der Waals surface area contributed by atoms with Crippen LogP contribution in [0.15, 0.2) is 24.3 Å². The van der Waals surface area contributed by atoms with Gasteiger partial charge in [-0.2, -0.15) is 0 Å². The molecule has 5 N–H and O–H groups in total. The van der Waals surface area contributed by atoms with Crippen molar-refractivity contribution in [2.45, 2.75) is 18.2 Å². The fourth-order valence-corrected chi connectivity index (χ4v) is 2.92. The van der Waals surface area contributed by atoms with Gasteiger partial charge in [0.1, 0.15) is 17.9 Å². The Labute approximate surface area is 173 Å². The average molecular weight is 425 g/mol. The zero-order chi connectivity index (χ0) is 22.1. The van der Waals surface area contributed by atoms with Crippen molar-refractivity contribution < 1.29 is 39.2 Å². The third-order valence-electron chi connectivity index (χ3n) is 4.64. The minimum atomic E-state index is -1.68. The quantitative estimate of drug-likeness (QED) is 0.289. The summed E-state index contributed by atoms with van der Waals surface area (Å²) in [5, 5.41) is 33.9. The van der Waals surface area contributed by atoms with E-state index in [1.165, 1.54) is 19.2 Å². The molecular weight excluding hydrogens is 398 g/mol. The maximum Gasteiger partial charge on any atom is 0.329 e. The Balaban J connectivity index is 1.98. The van der Waals surface area contributed by atoms with Crippen LogP contribution in [0.3, 0.4) is 0 Å². The largest absolute Gasteiger partial charge is 0.497 e. The SMILES string of the molecule is COc1ccc(C(O)C(NC(=O)C(CO)NC(=O)CN2CCOCC2)C(=O)O)cc1. The summed E-state index contributed by atoms with van der Waals surface area (Å²) >= 11 is 0. The van der Waals surface area contributed by atoms with Gasteiger partial charge in [0.2, 0.25) is 11.8 Å². The lowest BCUT2D eigenvalue weighted by Gasteiger charge is -2.27. The highest BCUT2D eigenvalue weighted by Crippen LogP contribution is 2.20. The molecule has 0 spiro atoms. The molecule has 1 heterocycles. The molecule has 1 aromatic rings. The van der Waals surface area contributed by atoms with Crippen LogP contribution in [0.5, 0.6) is 5.75 Å². The smallest absolute Gasteiger partial charge is 0.329 e. The topological polar surface area (TPSA) is 158 Å². The summed E-state index contributed by atoms with van der Waals surface area (Å²) in [6, 6.07) is 2.99. The molecule has 1 aliphatic heterocycles. The fraction of sp³-hybridized carbons (Fsp3) is 0.526. The zero-order valence-corrected chi connectivity index (χ0v) is 16.6. The molecule has 11 heteroatoms. The fourth-order valence-electron chi connectivity index (χ4n) is 2.92. The van der Waals surface area contributed by atoms with Crippen molar-refractivity contribution in [2.75, 3.05) is 46.6 Å². The third kappa shape index (κ3) is 6.66. The number of nitrogens with one attached hydrogen (secondary N) is 2. The molecule has 11 nitrogen and oxygen atoms in total. The third-order valence-corrected chi connectivity index (χ3v) is 4.64. The number of aliphatic carboxylic acids is 1. The summed E-state index contributed by atoms with van der Waals surface area (Å²) in [5.74, 6) is -2.37. The number of rotatable bonds is 10. The van der Waals surface area contributed by atoms with Crippen LogP contribution in [0.25, 0.3) is 0 Å². The van der Waals surface area contributed by atoms with Crippen molar-refractivity contribution in [1.82, 2.24) is 15.5 Å². The van der Waals surface area contributed by atoms with Crippen LogP contribution < -0.4 is 15.4 Å². The first-order valence-electron chi connectivity index (χ1n) is 9.41. The van der Waals surface area contributed by atoms with Crippen LogP contribution in [0.2, 0.25) is 0 Å². The van der Waals surface area contributed by atoms with Gasteiger partial charge in [0.05, 0.1) is 33.5 Å². The molecule has 166 valence electrons. The number of morpholine rings is 1. The maximum atomic E-state index is 12.4. The molecule has 1 aliphatic rings. The van der Waals surface area contributed by atoms with Gasteiger partial charge < -0.3 is 35.4 Å². The second-order valence-electron chi connectivity index (χ2n) is 6.73. The minimum Gasteiger partial charge on any atom is -0.497 e. The number of hydrogen-bond donors (Lipinski definition) is 5. The molecule has 0 bridgehead atoms. The number of benzene rings is 1. The Morgan fingerprint density at radius 2 is 1.80 bits per heavy atom. The second kappa shape index (κ2) is 11.5. The van der Waals surface area contributed by atoms with Gasteiger partial charge in [0.25, 0.3) is 0 Å². The number of carboxylic acid groups (broad SMARTS) is 1. The summed E-state index contributed by atoms with van der Waals surface area (Å²) in [4.78, 5) is 38.0. The Hall–Kier alpha value is -2.73. The number of hydrogen-bond acceptors (Lipinski definition) is 8. The molecule has 0 radical (unpaired) electrons. The Morgan fingerprint density at radius 3 is 2.33 bits per heavy atom. The van der Waals surface area contributed by atoms with E-state index in [2.05, 4.69) is 10.6 Å². The lowest BCUT2D eigenvalue weighted by atomic mass is 10.0. The minimum absolute atomic E-state index is 0.0178. The van der Waals surface area contributed by atoms with Crippen LogP contribution in [-0.4, -0.2) is 96.7 Å². The van der Waals surface area contributed by atoms with Crippen LogP contribution in [0, 0.1) is 0 Å². The number of carbonyl (C=O) groups excluding carboxylic acids is 2. The summed E-state index contributed by atoms with van der Waals surface area (Å²) < 4.78 is 10.2. The highest BCUT2D eigenvalue weighted by atomic mass is 16.5. The zero-order valence-electron chi connectivity index (χ0n) is 16.6. The highest BCUT2D eigenvalue weighted by Gasteiger charge is 2.32. The van der Waals surface area contributed by atoms with E-state index in [1.54, 1.807) is 12.1 Å². The molecular formula is C19H27N3O8. The van der Waals surface area contributed by atoms with Crippen molar-refractivity contribution in [3.05, 3.63) is 29.8 Å². The van der Waals surface area contributed by atoms with E-state index in [0.717, 1.165) is 0 Å². The predicted octanol–water partition coefficient (Wildman–Crippen LogP) is -1.89. The Kier molecular flexibility index (Phi) is 8.99. The van der Waals surface area contributed by atoms with Crippen molar-refractivity contribution in [1.29, 1.82) is 0 Å². The van der Waals surface area contributed by atoms with Gasteiger partial charge in [-0.25, -0.2) is 4.79 Å². The first kappa shape index (κ1) is 23.5. The van der Waals surface area contributed by atoms with E-state index in [1.807, 2.05) is 4.90 Å². The van der Waals surface area contributed by atoms with Gasteiger partial charge >= 0.3 is 5.97 Å². The molecule has 2 rings (SSSR count). The summed E-state index contributed by atoms with van der Waals surface area (Å²) in [7, 11) is 1.47. The van der Waals surface area contributed by atoms with Gasteiger partial charge in [0, 0.05) is 13.1 Å². The van der Waals surface area contributed by atoms with Crippen molar-refractivity contribution in [3.63, 3.8) is 0 Å². The number of carbonyl (C=O) groups is 3. The number of ether oxygens (including phenoxy) is 2. The molecule has 3 atom stereocenters. The molecule has 0 aromatic heterocycles. The standard InChI is InChI=1S/C19H27N3O8/c1-29-13-4-2-12(3-5-13)17(25)16(19(27)28)21-18(26)14(11-23)20-15(24)10-22-6-8-30-9-7-22/h2-5,14,16-17,23,25H,6-11H2,1H3,(H,20,24)(H,21,26)(H,27,28). The van der Waals surface area contributed by atoms with E-state index in [4.69, 9.17) is 9.47 Å². The molecule has 0 aliphatic carbocycles. The molecule has 1 fully saturated rings. The van der Waals surface area contributed by atoms with Crippen LogP contribution in [-0.2, 0) is 19.1 Å². The van der Waals surface area contributed by atoms with Crippen LogP contribution in [0.1, 0.15) is 11.7 Å². The first-order valence-corrected chi connectivity index (χ1v) is 9.41. The number of amides is 2. The van der Waals surface area contributed by atoms with Crippen LogP contribution in [0.4, 0.5) is 0 Å². The van der Waals surface area contributed by atoms with Crippen LogP contribution >= 0.6 is 0 Å². The first-order chi connectivity index (χ1) is 14.3. The summed E-state index contributed by atoms with van der Waals surface area (Å²) in [6.07, 6.45) is -1.55. The summed E-state index contributed by atoms with van der Waals surface area (Å²) in [6.45, 7) is 1.42. The molecule has 30 heavy (non-hydrogen) atoms. The average Bonchev–Trinajstić information content (AvgIpc) is 2.75. The van der Waals surface area contributed by atoms with Gasteiger partial charge in [-0.15, -0.1) is 0 Å². The molecule has 0 saturated carbocycles. The number of aliphatic hydroxyl groups is 2. The number of nitrogens with zero attached hydrogens (tertiary/aromatic N) is 1. The lowest BCUT2D eigenvalue weighted by Crippen LogP contribution is -2.56. The van der Waals surface area contributed by atoms with E-state index in [-0.39, 0.29) is 12.1 Å². The monoisotopic (exact) mass is 425 g/mol. The highest BCUT2D eigenvalue weighted by molar-refractivity contribution is 5.91. The number of methoxy groups -OCH3 is 1. The Morgan fingerprint density at radius 1 is 1.17 bits per heavy atom. The van der Waals surface area contributed by atoms with E-state index in [9.17, 15) is 29.7 Å². The molecule has 3 unspecified atom stereocenters. The van der Waals surface area contributed by atoms with E-state index >= 15 is 0 Å². The van der Waals surface area contributed by atoms with Gasteiger partial charge in [-0.1, -0.05) is 12.1 Å². The molecule has 2 amide bonds. The normalized spacial score (nSPS) is 17.4. The van der Waals surface area contributed by atoms with Gasteiger partial charge in [0.15, 0.2) is 6.04 Å². The molecule has 1 aromatic carbocycles.